The van der Waals surface area contributed by atoms with Crippen molar-refractivity contribution in [1.82, 2.24) is 0 Å². The second-order valence-electron chi connectivity index (χ2n) is 3.87. The van der Waals surface area contributed by atoms with Gasteiger partial charge in [0.25, 0.3) is 0 Å². The van der Waals surface area contributed by atoms with Crippen molar-refractivity contribution >= 4 is 0 Å². The van der Waals surface area contributed by atoms with Gasteiger partial charge in [-0.3, -0.25) is 0 Å². The third kappa shape index (κ3) is 1.52. The van der Waals surface area contributed by atoms with Gasteiger partial charge in [0.2, 0.25) is 0 Å². The molecule has 0 radical (unpaired) electrons. The largest absolute Gasteiger partial charge is 0.496 e. The fourth-order valence-electron chi connectivity index (χ4n) is 2.06. The maximum absolute atomic E-state index is 5.48. The Hall–Kier alpha value is -0.980. The number of benzene rings is 1. The molecule has 1 aromatic rings. The van der Waals surface area contributed by atoms with Crippen molar-refractivity contribution in [2.75, 3.05) is 7.11 Å². The molecule has 1 nitrogen and oxygen atoms in total. The third-order valence-corrected chi connectivity index (χ3v) is 3.31. The van der Waals surface area contributed by atoms with Gasteiger partial charge in [0.1, 0.15) is 5.75 Å². The van der Waals surface area contributed by atoms with Gasteiger partial charge in [-0.1, -0.05) is 6.92 Å². The predicted molar refractivity (Wildman–Crippen MR) is 61.3 cm³/mol. The highest BCUT2D eigenvalue weighted by Gasteiger charge is 2.13. The highest BCUT2D eigenvalue weighted by atomic mass is 16.5. The molecule has 0 aromatic heterocycles. The van der Waals surface area contributed by atoms with E-state index in [1.165, 1.54) is 27.8 Å². The lowest BCUT2D eigenvalue weighted by Crippen LogP contribution is -2.02. The zero-order valence-corrected chi connectivity index (χ0v) is 10.1. The molecule has 0 unspecified atom stereocenters. The molecule has 0 heterocycles. The van der Waals surface area contributed by atoms with Gasteiger partial charge in [0, 0.05) is 0 Å². The summed E-state index contributed by atoms with van der Waals surface area (Å²) in [5.41, 5.74) is 6.78. The van der Waals surface area contributed by atoms with E-state index in [-0.39, 0.29) is 0 Å². The minimum atomic E-state index is 1.04. The van der Waals surface area contributed by atoms with Crippen LogP contribution in [-0.4, -0.2) is 7.11 Å². The lowest BCUT2D eigenvalue weighted by molar-refractivity contribution is 0.406. The highest BCUT2D eigenvalue weighted by molar-refractivity contribution is 5.54. The summed E-state index contributed by atoms with van der Waals surface area (Å²) in [5.74, 6) is 1.08. The summed E-state index contributed by atoms with van der Waals surface area (Å²) in [6, 6.07) is 0. The van der Waals surface area contributed by atoms with Gasteiger partial charge in [-0.05, 0) is 61.9 Å². The summed E-state index contributed by atoms with van der Waals surface area (Å²) in [4.78, 5) is 0. The maximum atomic E-state index is 5.48. The van der Waals surface area contributed by atoms with E-state index >= 15 is 0 Å². The molecule has 0 N–H and O–H groups in total. The normalized spacial score (nSPS) is 10.4. The van der Waals surface area contributed by atoms with E-state index in [2.05, 4.69) is 34.6 Å². The topological polar surface area (TPSA) is 9.23 Å². The SMILES string of the molecule is CCc1c(C)c(C)c(C)c(C)c1OC. The van der Waals surface area contributed by atoms with Crippen molar-refractivity contribution in [3.63, 3.8) is 0 Å². The third-order valence-electron chi connectivity index (χ3n) is 3.31. The molecule has 0 bridgehead atoms. The number of rotatable bonds is 2. The quantitative estimate of drug-likeness (QED) is 0.697. The van der Waals surface area contributed by atoms with Crippen LogP contribution in [0.5, 0.6) is 5.75 Å². The Morgan fingerprint density at radius 2 is 1.36 bits per heavy atom. The molecule has 0 saturated heterocycles. The first-order chi connectivity index (χ1) is 6.54. The number of hydrogen-bond acceptors (Lipinski definition) is 1. The summed E-state index contributed by atoms with van der Waals surface area (Å²) in [6.07, 6.45) is 1.04. The predicted octanol–water partition coefficient (Wildman–Crippen LogP) is 3.49. The Bertz CT molecular complexity index is 316. The van der Waals surface area contributed by atoms with Crippen LogP contribution in [0.15, 0.2) is 0 Å². The van der Waals surface area contributed by atoms with Crippen LogP contribution in [0.25, 0.3) is 0 Å². The second kappa shape index (κ2) is 4.04. The van der Waals surface area contributed by atoms with Gasteiger partial charge in [-0.15, -0.1) is 0 Å². The van der Waals surface area contributed by atoms with Gasteiger partial charge in [-0.25, -0.2) is 0 Å². The van der Waals surface area contributed by atoms with Gasteiger partial charge in [0.15, 0.2) is 0 Å². The van der Waals surface area contributed by atoms with E-state index in [1.807, 2.05) is 0 Å². The molecule has 1 rings (SSSR count). The van der Waals surface area contributed by atoms with Crippen molar-refractivity contribution in [2.45, 2.75) is 41.0 Å². The molecule has 0 aliphatic heterocycles. The van der Waals surface area contributed by atoms with Crippen LogP contribution in [0, 0.1) is 27.7 Å². The van der Waals surface area contributed by atoms with Crippen LogP contribution in [0.1, 0.15) is 34.7 Å². The van der Waals surface area contributed by atoms with E-state index in [0.717, 1.165) is 12.2 Å². The van der Waals surface area contributed by atoms with Crippen LogP contribution < -0.4 is 4.74 Å². The molecule has 1 aromatic carbocycles. The minimum absolute atomic E-state index is 1.04. The summed E-state index contributed by atoms with van der Waals surface area (Å²) in [6.45, 7) is 10.9. The Morgan fingerprint density at radius 3 is 1.79 bits per heavy atom. The molecule has 78 valence electrons. The van der Waals surface area contributed by atoms with Crippen LogP contribution in [0.4, 0.5) is 0 Å². The first-order valence-corrected chi connectivity index (χ1v) is 5.17. The van der Waals surface area contributed by atoms with Crippen molar-refractivity contribution in [3.05, 3.63) is 27.8 Å². The molecular weight excluding hydrogens is 172 g/mol. The highest BCUT2D eigenvalue weighted by Crippen LogP contribution is 2.32. The fourth-order valence-corrected chi connectivity index (χ4v) is 2.06. The zero-order valence-electron chi connectivity index (χ0n) is 10.1. The average Bonchev–Trinajstić information content (AvgIpc) is 2.20. The average molecular weight is 192 g/mol. The molecule has 0 fully saturated rings. The van der Waals surface area contributed by atoms with Crippen LogP contribution >= 0.6 is 0 Å². The first-order valence-electron chi connectivity index (χ1n) is 5.17. The molecule has 0 amide bonds. The Morgan fingerprint density at radius 1 is 0.857 bits per heavy atom. The lowest BCUT2D eigenvalue weighted by Gasteiger charge is -2.18. The molecular formula is C13H20O. The van der Waals surface area contributed by atoms with Crippen molar-refractivity contribution in [2.24, 2.45) is 0 Å². The van der Waals surface area contributed by atoms with Crippen LogP contribution in [0.2, 0.25) is 0 Å². The maximum Gasteiger partial charge on any atom is 0.125 e. The second-order valence-corrected chi connectivity index (χ2v) is 3.87. The lowest BCUT2D eigenvalue weighted by atomic mass is 9.92. The van der Waals surface area contributed by atoms with Gasteiger partial charge >= 0.3 is 0 Å². The monoisotopic (exact) mass is 192 g/mol. The summed E-state index contributed by atoms with van der Waals surface area (Å²) >= 11 is 0. The molecule has 0 saturated carbocycles. The fraction of sp³-hybridized carbons (Fsp3) is 0.538. The number of hydrogen-bond donors (Lipinski definition) is 0. The Labute approximate surface area is 87.1 Å². The zero-order chi connectivity index (χ0) is 10.9. The molecule has 0 atom stereocenters. The molecule has 14 heavy (non-hydrogen) atoms. The summed E-state index contributed by atoms with van der Waals surface area (Å²) in [7, 11) is 1.76. The van der Waals surface area contributed by atoms with Gasteiger partial charge in [-0.2, -0.15) is 0 Å². The molecule has 0 aliphatic carbocycles. The summed E-state index contributed by atoms with van der Waals surface area (Å²) in [5, 5.41) is 0. The smallest absolute Gasteiger partial charge is 0.125 e. The van der Waals surface area contributed by atoms with E-state index in [4.69, 9.17) is 4.74 Å². The van der Waals surface area contributed by atoms with E-state index in [9.17, 15) is 0 Å². The number of ether oxygens (including phenoxy) is 1. The summed E-state index contributed by atoms with van der Waals surface area (Å²) < 4.78 is 5.48. The van der Waals surface area contributed by atoms with Crippen molar-refractivity contribution in [1.29, 1.82) is 0 Å². The molecule has 1 heteroatoms. The van der Waals surface area contributed by atoms with Crippen LogP contribution in [0.3, 0.4) is 0 Å². The minimum Gasteiger partial charge on any atom is -0.496 e. The molecule has 0 spiro atoms. The first kappa shape index (κ1) is 11.1. The van der Waals surface area contributed by atoms with Gasteiger partial charge < -0.3 is 4.74 Å². The van der Waals surface area contributed by atoms with E-state index in [0.29, 0.717) is 0 Å². The van der Waals surface area contributed by atoms with E-state index in [1.54, 1.807) is 7.11 Å². The Balaban J connectivity index is 3.57. The Kier molecular flexibility index (Phi) is 3.20. The standard InChI is InChI=1S/C13H20O/c1-7-12-10(4)8(2)9(3)11(5)13(12)14-6/h7H2,1-6H3. The van der Waals surface area contributed by atoms with E-state index < -0.39 is 0 Å². The van der Waals surface area contributed by atoms with Crippen molar-refractivity contribution in [3.8, 4) is 5.75 Å². The van der Waals surface area contributed by atoms with Crippen LogP contribution in [-0.2, 0) is 6.42 Å². The van der Waals surface area contributed by atoms with Crippen molar-refractivity contribution < 1.29 is 4.74 Å². The van der Waals surface area contributed by atoms with Gasteiger partial charge in [0.05, 0.1) is 7.11 Å². The number of methoxy groups -OCH3 is 1. The molecule has 0 aliphatic rings.